The summed E-state index contributed by atoms with van der Waals surface area (Å²) >= 11 is 0. The lowest BCUT2D eigenvalue weighted by atomic mass is 10.1. The predicted molar refractivity (Wildman–Crippen MR) is 78.0 cm³/mol. The Labute approximate surface area is 114 Å². The number of nitrogens with two attached hydrogens (primary N) is 1. The van der Waals surface area contributed by atoms with Crippen LogP contribution in [0.1, 0.15) is 24.7 Å². The third kappa shape index (κ3) is 2.40. The standard InChI is InChI=1S/C16H22N2O/c1-2-15-14(11-18-8-7-12(9-17)10-18)13-5-3-4-6-16(13)19-15/h3-6,12H,2,7-11,17H2,1H3/t12-/m1/s1. The van der Waals surface area contributed by atoms with Gasteiger partial charge in [-0.3, -0.25) is 4.90 Å². The third-order valence-corrected chi connectivity index (χ3v) is 4.19. The average Bonchev–Trinajstić information content (AvgIpc) is 3.04. The van der Waals surface area contributed by atoms with Gasteiger partial charge in [-0.15, -0.1) is 0 Å². The summed E-state index contributed by atoms with van der Waals surface area (Å²) in [5, 5.41) is 1.27. The Kier molecular flexibility index (Phi) is 3.58. The summed E-state index contributed by atoms with van der Waals surface area (Å²) in [5.41, 5.74) is 8.16. The number of aryl methyl sites for hydroxylation is 1. The van der Waals surface area contributed by atoms with Crippen molar-refractivity contribution in [3.8, 4) is 0 Å². The molecule has 1 aliphatic heterocycles. The van der Waals surface area contributed by atoms with Crippen molar-refractivity contribution in [2.24, 2.45) is 11.7 Å². The summed E-state index contributed by atoms with van der Waals surface area (Å²) in [5.74, 6) is 1.81. The molecular weight excluding hydrogens is 236 g/mol. The van der Waals surface area contributed by atoms with Gasteiger partial charge in [0.15, 0.2) is 0 Å². The molecule has 1 fully saturated rings. The second-order valence-corrected chi connectivity index (χ2v) is 5.48. The highest BCUT2D eigenvalue weighted by atomic mass is 16.3. The molecule has 0 spiro atoms. The Morgan fingerprint density at radius 2 is 2.21 bits per heavy atom. The van der Waals surface area contributed by atoms with Crippen molar-refractivity contribution in [1.82, 2.24) is 4.90 Å². The van der Waals surface area contributed by atoms with Gasteiger partial charge in [0.1, 0.15) is 11.3 Å². The summed E-state index contributed by atoms with van der Waals surface area (Å²) < 4.78 is 5.96. The van der Waals surface area contributed by atoms with Gasteiger partial charge >= 0.3 is 0 Å². The molecule has 1 aliphatic rings. The van der Waals surface area contributed by atoms with Crippen LogP contribution in [0.5, 0.6) is 0 Å². The first kappa shape index (κ1) is 12.7. The van der Waals surface area contributed by atoms with E-state index in [1.807, 2.05) is 6.07 Å². The van der Waals surface area contributed by atoms with E-state index in [0.29, 0.717) is 5.92 Å². The van der Waals surface area contributed by atoms with E-state index in [1.165, 1.54) is 17.4 Å². The van der Waals surface area contributed by atoms with Crippen molar-refractivity contribution in [2.45, 2.75) is 26.3 Å². The lowest BCUT2D eigenvalue weighted by Gasteiger charge is -2.15. The number of likely N-dealkylation sites (tertiary alicyclic amines) is 1. The molecule has 2 aromatic rings. The van der Waals surface area contributed by atoms with Crippen LogP contribution >= 0.6 is 0 Å². The molecule has 0 unspecified atom stereocenters. The Morgan fingerprint density at radius 1 is 1.37 bits per heavy atom. The molecule has 0 amide bonds. The number of furan rings is 1. The van der Waals surface area contributed by atoms with Crippen LogP contribution in [-0.2, 0) is 13.0 Å². The minimum Gasteiger partial charge on any atom is -0.461 e. The molecule has 3 nitrogen and oxygen atoms in total. The fourth-order valence-electron chi connectivity index (χ4n) is 3.08. The maximum Gasteiger partial charge on any atom is 0.134 e. The third-order valence-electron chi connectivity index (χ3n) is 4.19. The minimum atomic E-state index is 0.670. The molecule has 0 saturated carbocycles. The number of benzene rings is 1. The molecule has 3 heteroatoms. The first-order valence-electron chi connectivity index (χ1n) is 7.23. The van der Waals surface area contributed by atoms with Gasteiger partial charge in [0.2, 0.25) is 0 Å². The van der Waals surface area contributed by atoms with Crippen LogP contribution in [0, 0.1) is 5.92 Å². The molecule has 2 N–H and O–H groups in total. The molecular formula is C16H22N2O. The number of para-hydroxylation sites is 1. The molecule has 19 heavy (non-hydrogen) atoms. The lowest BCUT2D eigenvalue weighted by molar-refractivity contribution is 0.315. The van der Waals surface area contributed by atoms with E-state index in [2.05, 4.69) is 30.0 Å². The molecule has 0 radical (unpaired) electrons. The quantitative estimate of drug-likeness (QED) is 0.917. The van der Waals surface area contributed by atoms with E-state index in [4.69, 9.17) is 10.2 Å². The van der Waals surface area contributed by atoms with Crippen LogP contribution in [0.2, 0.25) is 0 Å². The van der Waals surface area contributed by atoms with Crippen molar-refractivity contribution in [3.63, 3.8) is 0 Å². The van der Waals surface area contributed by atoms with Gasteiger partial charge in [0, 0.05) is 30.5 Å². The van der Waals surface area contributed by atoms with Crippen molar-refractivity contribution in [2.75, 3.05) is 19.6 Å². The van der Waals surface area contributed by atoms with Gasteiger partial charge in [-0.25, -0.2) is 0 Å². The predicted octanol–water partition coefficient (Wildman–Crippen LogP) is 2.78. The van der Waals surface area contributed by atoms with Crippen LogP contribution in [0.4, 0.5) is 0 Å². The van der Waals surface area contributed by atoms with Crippen molar-refractivity contribution in [1.29, 1.82) is 0 Å². The van der Waals surface area contributed by atoms with Crippen molar-refractivity contribution < 1.29 is 4.42 Å². The number of fused-ring (bicyclic) bond motifs is 1. The summed E-state index contributed by atoms with van der Waals surface area (Å²) in [6.45, 7) is 6.25. The number of rotatable bonds is 4. The fraction of sp³-hybridized carbons (Fsp3) is 0.500. The molecule has 0 aliphatic carbocycles. The topological polar surface area (TPSA) is 42.4 Å². The molecule has 1 atom stereocenters. The zero-order valence-corrected chi connectivity index (χ0v) is 11.6. The van der Waals surface area contributed by atoms with Gasteiger partial charge in [-0.2, -0.15) is 0 Å². The van der Waals surface area contributed by atoms with E-state index >= 15 is 0 Å². The van der Waals surface area contributed by atoms with Gasteiger partial charge in [0.05, 0.1) is 0 Å². The normalized spacial score (nSPS) is 20.4. The van der Waals surface area contributed by atoms with E-state index in [0.717, 1.165) is 43.9 Å². The summed E-state index contributed by atoms with van der Waals surface area (Å²) in [7, 11) is 0. The molecule has 1 aromatic carbocycles. The number of nitrogens with zero attached hydrogens (tertiary/aromatic N) is 1. The molecule has 1 saturated heterocycles. The smallest absolute Gasteiger partial charge is 0.134 e. The van der Waals surface area contributed by atoms with E-state index in [9.17, 15) is 0 Å². The Bertz CT molecular complexity index is 561. The first-order chi connectivity index (χ1) is 9.31. The lowest BCUT2D eigenvalue weighted by Crippen LogP contribution is -2.23. The first-order valence-corrected chi connectivity index (χ1v) is 7.23. The fourth-order valence-corrected chi connectivity index (χ4v) is 3.08. The minimum absolute atomic E-state index is 0.670. The maximum absolute atomic E-state index is 5.96. The summed E-state index contributed by atoms with van der Waals surface area (Å²) in [6, 6.07) is 8.36. The van der Waals surface area contributed by atoms with E-state index in [-0.39, 0.29) is 0 Å². The van der Waals surface area contributed by atoms with Crippen molar-refractivity contribution in [3.05, 3.63) is 35.6 Å². The Morgan fingerprint density at radius 3 is 2.95 bits per heavy atom. The van der Waals surface area contributed by atoms with E-state index < -0.39 is 0 Å². The highest BCUT2D eigenvalue weighted by Crippen LogP contribution is 2.29. The van der Waals surface area contributed by atoms with Crippen LogP contribution in [-0.4, -0.2) is 24.5 Å². The zero-order valence-electron chi connectivity index (χ0n) is 11.6. The van der Waals surface area contributed by atoms with Crippen molar-refractivity contribution >= 4 is 11.0 Å². The maximum atomic E-state index is 5.96. The van der Waals surface area contributed by atoms with Gasteiger partial charge in [0.25, 0.3) is 0 Å². The Hall–Kier alpha value is -1.32. The Balaban J connectivity index is 1.87. The SMILES string of the molecule is CCc1oc2ccccc2c1CN1CC[C@H](CN)C1. The molecule has 0 bridgehead atoms. The number of hydrogen-bond acceptors (Lipinski definition) is 3. The monoisotopic (exact) mass is 258 g/mol. The van der Waals surface area contributed by atoms with Gasteiger partial charge in [-0.05, 0) is 31.5 Å². The zero-order chi connectivity index (χ0) is 13.2. The van der Waals surface area contributed by atoms with Crippen LogP contribution in [0.25, 0.3) is 11.0 Å². The summed E-state index contributed by atoms with van der Waals surface area (Å²) in [6.07, 6.45) is 2.19. The summed E-state index contributed by atoms with van der Waals surface area (Å²) in [4.78, 5) is 2.51. The van der Waals surface area contributed by atoms with Gasteiger partial charge in [-0.1, -0.05) is 25.1 Å². The van der Waals surface area contributed by atoms with Crippen LogP contribution < -0.4 is 5.73 Å². The highest BCUT2D eigenvalue weighted by molar-refractivity contribution is 5.82. The second kappa shape index (κ2) is 5.35. The highest BCUT2D eigenvalue weighted by Gasteiger charge is 2.23. The van der Waals surface area contributed by atoms with Crippen LogP contribution in [0.3, 0.4) is 0 Å². The number of hydrogen-bond donors (Lipinski definition) is 1. The molecule has 3 rings (SSSR count). The second-order valence-electron chi connectivity index (χ2n) is 5.48. The average molecular weight is 258 g/mol. The molecule has 1 aromatic heterocycles. The van der Waals surface area contributed by atoms with Crippen LogP contribution in [0.15, 0.2) is 28.7 Å². The van der Waals surface area contributed by atoms with Gasteiger partial charge < -0.3 is 10.2 Å². The van der Waals surface area contributed by atoms with E-state index in [1.54, 1.807) is 0 Å². The molecule has 102 valence electrons. The largest absolute Gasteiger partial charge is 0.461 e. The molecule has 2 heterocycles.